The third-order valence-electron chi connectivity index (χ3n) is 4.51. The van der Waals surface area contributed by atoms with Crippen LogP contribution in [-0.4, -0.2) is 5.91 Å². The first kappa shape index (κ1) is 20.8. The molecule has 0 aliphatic rings. The minimum Gasteiger partial charge on any atom is -0.488 e. The standard InChI is InChI=1S/C25H21FN2O2/c1-2-18-9-13-23(14-10-18)28-25(29)21(16-27)15-20-5-3-4-6-24(20)30-17-19-7-11-22(26)12-8-19/h3-15H,2,17H2,1H3,(H,28,29)/b21-15+. The molecule has 4 nitrogen and oxygen atoms in total. The van der Waals surface area contributed by atoms with Gasteiger partial charge in [0.2, 0.25) is 0 Å². The van der Waals surface area contributed by atoms with Crippen LogP contribution in [0.2, 0.25) is 0 Å². The van der Waals surface area contributed by atoms with E-state index < -0.39 is 5.91 Å². The van der Waals surface area contributed by atoms with Crippen LogP contribution in [0.4, 0.5) is 10.1 Å². The maximum atomic E-state index is 13.0. The molecule has 3 aromatic carbocycles. The van der Waals surface area contributed by atoms with Crippen molar-refractivity contribution in [3.05, 3.63) is 101 Å². The summed E-state index contributed by atoms with van der Waals surface area (Å²) in [6, 6.07) is 22.6. The van der Waals surface area contributed by atoms with Gasteiger partial charge in [-0.25, -0.2) is 4.39 Å². The number of nitrogens with zero attached hydrogens (tertiary/aromatic N) is 1. The molecule has 0 aliphatic carbocycles. The third kappa shape index (κ3) is 5.55. The fraction of sp³-hybridized carbons (Fsp3) is 0.120. The second kappa shape index (κ2) is 10.0. The summed E-state index contributed by atoms with van der Waals surface area (Å²) in [7, 11) is 0. The van der Waals surface area contributed by atoms with E-state index in [9.17, 15) is 14.4 Å². The smallest absolute Gasteiger partial charge is 0.266 e. The zero-order valence-electron chi connectivity index (χ0n) is 16.6. The molecule has 5 heteroatoms. The molecule has 1 N–H and O–H groups in total. The summed E-state index contributed by atoms with van der Waals surface area (Å²) in [4.78, 5) is 12.5. The van der Waals surface area contributed by atoms with Crippen molar-refractivity contribution in [3.8, 4) is 11.8 Å². The monoisotopic (exact) mass is 400 g/mol. The van der Waals surface area contributed by atoms with Crippen molar-refractivity contribution in [2.75, 3.05) is 5.32 Å². The zero-order valence-corrected chi connectivity index (χ0v) is 16.6. The van der Waals surface area contributed by atoms with E-state index in [0.717, 1.165) is 17.5 Å². The fourth-order valence-electron chi connectivity index (χ4n) is 2.80. The lowest BCUT2D eigenvalue weighted by atomic mass is 10.1. The molecule has 0 saturated heterocycles. The van der Waals surface area contributed by atoms with Crippen molar-refractivity contribution < 1.29 is 13.9 Å². The first-order valence-corrected chi connectivity index (χ1v) is 9.57. The molecule has 30 heavy (non-hydrogen) atoms. The van der Waals surface area contributed by atoms with Crippen molar-refractivity contribution in [2.45, 2.75) is 20.0 Å². The molecule has 0 radical (unpaired) electrons. The van der Waals surface area contributed by atoms with Crippen LogP contribution in [0.3, 0.4) is 0 Å². The molecule has 0 unspecified atom stereocenters. The number of carbonyl (C=O) groups excluding carboxylic acids is 1. The number of hydrogen-bond donors (Lipinski definition) is 1. The van der Waals surface area contributed by atoms with E-state index in [2.05, 4.69) is 12.2 Å². The Balaban J connectivity index is 1.75. The molecular formula is C25H21FN2O2. The lowest BCUT2D eigenvalue weighted by Crippen LogP contribution is -2.13. The van der Waals surface area contributed by atoms with Gasteiger partial charge in [0.25, 0.3) is 5.91 Å². The number of benzene rings is 3. The summed E-state index contributed by atoms with van der Waals surface area (Å²) in [6.07, 6.45) is 2.40. The third-order valence-corrected chi connectivity index (χ3v) is 4.51. The SMILES string of the molecule is CCc1ccc(NC(=O)/C(C#N)=C/c2ccccc2OCc2ccc(F)cc2)cc1. The molecule has 0 aliphatic heterocycles. The Hall–Kier alpha value is -3.91. The van der Waals surface area contributed by atoms with Gasteiger partial charge in [0, 0.05) is 11.3 Å². The van der Waals surface area contributed by atoms with Crippen LogP contribution in [0.1, 0.15) is 23.6 Å². The van der Waals surface area contributed by atoms with E-state index in [0.29, 0.717) is 17.0 Å². The molecule has 3 aromatic rings. The van der Waals surface area contributed by atoms with Crippen molar-refractivity contribution in [1.29, 1.82) is 5.26 Å². The summed E-state index contributed by atoms with van der Waals surface area (Å²) in [5.74, 6) is -0.277. The van der Waals surface area contributed by atoms with E-state index >= 15 is 0 Å². The normalized spacial score (nSPS) is 10.9. The predicted octanol–water partition coefficient (Wildman–Crippen LogP) is 5.51. The van der Waals surface area contributed by atoms with Crippen molar-refractivity contribution in [2.24, 2.45) is 0 Å². The first-order valence-electron chi connectivity index (χ1n) is 9.57. The summed E-state index contributed by atoms with van der Waals surface area (Å²) < 4.78 is 18.9. The molecule has 0 bridgehead atoms. The van der Waals surface area contributed by atoms with Gasteiger partial charge in [-0.2, -0.15) is 5.26 Å². The molecule has 150 valence electrons. The highest BCUT2D eigenvalue weighted by molar-refractivity contribution is 6.09. The number of nitrogens with one attached hydrogen (secondary N) is 1. The average Bonchev–Trinajstić information content (AvgIpc) is 2.78. The number of aryl methyl sites for hydroxylation is 1. The molecule has 0 spiro atoms. The number of amides is 1. The lowest BCUT2D eigenvalue weighted by Gasteiger charge is -2.10. The zero-order chi connectivity index (χ0) is 21.3. The summed E-state index contributed by atoms with van der Waals surface area (Å²) in [5, 5.41) is 12.2. The Morgan fingerprint density at radius 1 is 1.03 bits per heavy atom. The quantitative estimate of drug-likeness (QED) is 0.420. The topological polar surface area (TPSA) is 62.1 Å². The summed E-state index contributed by atoms with van der Waals surface area (Å²) >= 11 is 0. The molecule has 0 heterocycles. The van der Waals surface area contributed by atoms with E-state index in [-0.39, 0.29) is 18.0 Å². The van der Waals surface area contributed by atoms with Gasteiger partial charge in [-0.15, -0.1) is 0 Å². The van der Waals surface area contributed by atoms with Gasteiger partial charge in [0.05, 0.1) is 0 Å². The van der Waals surface area contributed by atoms with E-state index in [4.69, 9.17) is 4.74 Å². The highest BCUT2D eigenvalue weighted by Crippen LogP contribution is 2.23. The molecule has 0 aromatic heterocycles. The van der Waals surface area contributed by atoms with Crippen LogP contribution < -0.4 is 10.1 Å². The van der Waals surface area contributed by atoms with Crippen molar-refractivity contribution in [1.82, 2.24) is 0 Å². The number of ether oxygens (including phenoxy) is 1. The van der Waals surface area contributed by atoms with Gasteiger partial charge >= 0.3 is 0 Å². The highest BCUT2D eigenvalue weighted by Gasteiger charge is 2.11. The van der Waals surface area contributed by atoms with Gasteiger partial charge in [0.15, 0.2) is 0 Å². The van der Waals surface area contributed by atoms with Crippen LogP contribution in [0.15, 0.2) is 78.4 Å². The Labute approximate surface area is 175 Å². The van der Waals surface area contributed by atoms with E-state index in [1.165, 1.54) is 18.2 Å². The van der Waals surface area contributed by atoms with Gasteiger partial charge in [-0.3, -0.25) is 4.79 Å². The number of hydrogen-bond acceptors (Lipinski definition) is 3. The Morgan fingerprint density at radius 3 is 2.37 bits per heavy atom. The van der Waals surface area contributed by atoms with Crippen molar-refractivity contribution >= 4 is 17.7 Å². The van der Waals surface area contributed by atoms with Crippen molar-refractivity contribution in [3.63, 3.8) is 0 Å². The maximum absolute atomic E-state index is 13.0. The number of anilines is 1. The van der Waals surface area contributed by atoms with Crippen LogP contribution in [0.5, 0.6) is 5.75 Å². The van der Waals surface area contributed by atoms with E-state index in [1.54, 1.807) is 36.4 Å². The summed E-state index contributed by atoms with van der Waals surface area (Å²) in [6.45, 7) is 2.29. The van der Waals surface area contributed by atoms with Crippen LogP contribution in [-0.2, 0) is 17.8 Å². The number of para-hydroxylation sites is 1. The highest BCUT2D eigenvalue weighted by atomic mass is 19.1. The van der Waals surface area contributed by atoms with Crippen LogP contribution >= 0.6 is 0 Å². The Kier molecular flexibility index (Phi) is 6.96. The fourth-order valence-corrected chi connectivity index (χ4v) is 2.80. The number of halogens is 1. The molecule has 1 amide bonds. The van der Waals surface area contributed by atoms with Gasteiger partial charge in [-0.05, 0) is 54.0 Å². The van der Waals surface area contributed by atoms with E-state index in [1.807, 2.05) is 30.3 Å². The first-order chi connectivity index (χ1) is 14.6. The number of carbonyl (C=O) groups is 1. The average molecular weight is 400 g/mol. The minimum atomic E-state index is -0.491. The Bertz CT molecular complexity index is 1080. The minimum absolute atomic E-state index is 0.0348. The van der Waals surface area contributed by atoms with Gasteiger partial charge in [-0.1, -0.05) is 49.4 Å². The summed E-state index contributed by atoms with van der Waals surface area (Å²) in [5.41, 5.74) is 3.17. The molecule has 0 saturated carbocycles. The largest absolute Gasteiger partial charge is 0.488 e. The van der Waals surface area contributed by atoms with Gasteiger partial charge < -0.3 is 10.1 Å². The van der Waals surface area contributed by atoms with Gasteiger partial charge in [0.1, 0.15) is 29.8 Å². The second-order valence-electron chi connectivity index (χ2n) is 6.63. The second-order valence-corrected chi connectivity index (χ2v) is 6.63. The molecular weight excluding hydrogens is 379 g/mol. The number of rotatable bonds is 7. The van der Waals surface area contributed by atoms with Crippen LogP contribution in [0.25, 0.3) is 6.08 Å². The molecule has 3 rings (SSSR count). The predicted molar refractivity (Wildman–Crippen MR) is 115 cm³/mol. The van der Waals surface area contributed by atoms with Crippen LogP contribution in [0, 0.1) is 17.1 Å². The molecule has 0 atom stereocenters. The molecule has 0 fully saturated rings. The number of nitriles is 1. The Morgan fingerprint density at radius 2 is 1.70 bits per heavy atom. The lowest BCUT2D eigenvalue weighted by molar-refractivity contribution is -0.112. The maximum Gasteiger partial charge on any atom is 0.266 e.